The van der Waals surface area contributed by atoms with Gasteiger partial charge in [-0.1, -0.05) is 77.9 Å². The van der Waals surface area contributed by atoms with Crippen LogP contribution < -0.4 is 16.1 Å². The first-order chi connectivity index (χ1) is 20.4. The Hall–Kier alpha value is -5.83. The van der Waals surface area contributed by atoms with E-state index in [9.17, 15) is 14.4 Å². The molecule has 0 aliphatic carbocycles. The maximum Gasteiger partial charge on any atom is 0.329 e. The fourth-order valence-electron chi connectivity index (χ4n) is 4.15. The highest BCUT2D eigenvalue weighted by molar-refractivity contribution is 6.40. The van der Waals surface area contributed by atoms with Crippen molar-refractivity contribution in [3.8, 4) is 16.9 Å². The lowest BCUT2D eigenvalue weighted by molar-refractivity contribution is -0.136. The molecule has 0 spiro atoms. The van der Waals surface area contributed by atoms with Gasteiger partial charge in [0.1, 0.15) is 5.69 Å². The third kappa shape index (κ3) is 6.65. The van der Waals surface area contributed by atoms with Gasteiger partial charge in [-0.25, -0.2) is 10.1 Å². The molecule has 5 aromatic rings. The first-order valence-corrected chi connectivity index (χ1v) is 13.2. The van der Waals surface area contributed by atoms with Crippen LogP contribution in [0, 0.1) is 13.8 Å². The summed E-state index contributed by atoms with van der Waals surface area (Å²) in [5.41, 5.74) is 8.49. The second-order valence-electron chi connectivity index (χ2n) is 9.60. The summed E-state index contributed by atoms with van der Waals surface area (Å²) in [4.78, 5) is 38.2. The molecule has 3 amide bonds. The number of anilines is 2. The number of nitrogens with one attached hydrogen (secondary N) is 3. The number of hydrogen-bond donors (Lipinski definition) is 3. The molecule has 0 radical (unpaired) electrons. The predicted molar refractivity (Wildman–Crippen MR) is 164 cm³/mol. The lowest BCUT2D eigenvalue weighted by Crippen LogP contribution is -2.33. The molecule has 0 fully saturated rings. The molecule has 3 N–H and O–H groups in total. The van der Waals surface area contributed by atoms with E-state index in [0.717, 1.165) is 22.4 Å². The van der Waals surface area contributed by atoms with E-state index in [1.54, 1.807) is 47.3 Å². The first kappa shape index (κ1) is 27.7. The number of nitrogens with zero attached hydrogens (tertiary/aromatic N) is 3. The van der Waals surface area contributed by atoms with Gasteiger partial charge in [-0.3, -0.25) is 14.4 Å². The van der Waals surface area contributed by atoms with Crippen LogP contribution in [0.5, 0.6) is 0 Å². The highest BCUT2D eigenvalue weighted by Crippen LogP contribution is 2.23. The summed E-state index contributed by atoms with van der Waals surface area (Å²) in [5, 5.41) is 14.0. The Kier molecular flexibility index (Phi) is 8.29. The number of hydrogen-bond acceptors (Lipinski definition) is 5. The van der Waals surface area contributed by atoms with Crippen molar-refractivity contribution in [2.75, 3.05) is 10.6 Å². The van der Waals surface area contributed by atoms with E-state index in [4.69, 9.17) is 5.10 Å². The Morgan fingerprint density at radius 1 is 0.738 bits per heavy atom. The van der Waals surface area contributed by atoms with Crippen molar-refractivity contribution in [1.29, 1.82) is 0 Å². The van der Waals surface area contributed by atoms with Gasteiger partial charge < -0.3 is 10.6 Å². The number of aryl methyl sites for hydroxylation is 2. The molecule has 0 unspecified atom stereocenters. The van der Waals surface area contributed by atoms with Gasteiger partial charge in [-0.15, -0.1) is 0 Å². The van der Waals surface area contributed by atoms with Crippen LogP contribution in [0.15, 0.2) is 114 Å². The van der Waals surface area contributed by atoms with Crippen LogP contribution in [0.4, 0.5) is 11.4 Å². The molecular formula is C33H28N6O3. The molecular weight excluding hydrogens is 528 g/mol. The van der Waals surface area contributed by atoms with Crippen molar-refractivity contribution in [3.63, 3.8) is 0 Å². The maximum absolute atomic E-state index is 12.9. The smallest absolute Gasteiger partial charge is 0.322 e. The summed E-state index contributed by atoms with van der Waals surface area (Å²) in [7, 11) is 0. The normalized spacial score (nSPS) is 10.8. The highest BCUT2D eigenvalue weighted by atomic mass is 16.2. The Morgan fingerprint density at radius 3 is 2.10 bits per heavy atom. The average Bonchev–Trinajstić information content (AvgIpc) is 3.43. The third-order valence-electron chi connectivity index (χ3n) is 6.39. The average molecular weight is 557 g/mol. The topological polar surface area (TPSA) is 117 Å². The lowest BCUT2D eigenvalue weighted by Gasteiger charge is -2.11. The maximum atomic E-state index is 12.9. The van der Waals surface area contributed by atoms with E-state index >= 15 is 0 Å². The number of hydrazone groups is 1. The van der Waals surface area contributed by atoms with Gasteiger partial charge in [0, 0.05) is 23.0 Å². The molecule has 42 heavy (non-hydrogen) atoms. The van der Waals surface area contributed by atoms with Gasteiger partial charge in [0.2, 0.25) is 0 Å². The van der Waals surface area contributed by atoms with Crippen molar-refractivity contribution in [1.82, 2.24) is 15.2 Å². The zero-order valence-corrected chi connectivity index (χ0v) is 23.0. The van der Waals surface area contributed by atoms with E-state index in [2.05, 4.69) is 21.2 Å². The molecule has 208 valence electrons. The van der Waals surface area contributed by atoms with Crippen LogP contribution >= 0.6 is 0 Å². The molecule has 0 saturated carbocycles. The summed E-state index contributed by atoms with van der Waals surface area (Å²) < 4.78 is 1.73. The quantitative estimate of drug-likeness (QED) is 0.139. The summed E-state index contributed by atoms with van der Waals surface area (Å²) in [6.07, 6.45) is 3.24. The zero-order valence-electron chi connectivity index (χ0n) is 23.0. The predicted octanol–water partition coefficient (Wildman–Crippen LogP) is 5.50. The molecule has 4 aromatic carbocycles. The number of carbonyl (C=O) groups is 3. The van der Waals surface area contributed by atoms with Crippen molar-refractivity contribution < 1.29 is 14.4 Å². The Bertz CT molecular complexity index is 1760. The number of aromatic nitrogens is 2. The van der Waals surface area contributed by atoms with Crippen LogP contribution in [0.2, 0.25) is 0 Å². The zero-order chi connectivity index (χ0) is 29.5. The number of rotatable bonds is 7. The first-order valence-electron chi connectivity index (χ1n) is 13.2. The van der Waals surface area contributed by atoms with Crippen LogP contribution in [0.3, 0.4) is 0 Å². The van der Waals surface area contributed by atoms with Gasteiger partial charge in [-0.05, 0) is 50.2 Å². The molecule has 1 heterocycles. The number of carbonyl (C=O) groups excluding carboxylic acids is 3. The monoisotopic (exact) mass is 556 g/mol. The van der Waals surface area contributed by atoms with Crippen molar-refractivity contribution in [2.24, 2.45) is 5.10 Å². The number of benzene rings is 4. The van der Waals surface area contributed by atoms with Crippen LogP contribution in [0.1, 0.15) is 27.0 Å². The summed E-state index contributed by atoms with van der Waals surface area (Å²) in [5.74, 6) is -2.39. The van der Waals surface area contributed by atoms with E-state index < -0.39 is 17.7 Å². The summed E-state index contributed by atoms with van der Waals surface area (Å²) in [6.45, 7) is 3.95. The van der Waals surface area contributed by atoms with Gasteiger partial charge in [-0.2, -0.15) is 10.2 Å². The fraction of sp³-hybridized carbons (Fsp3) is 0.0606. The molecule has 9 heteroatoms. The number of para-hydroxylation sites is 2. The summed E-state index contributed by atoms with van der Waals surface area (Å²) in [6, 6.07) is 31.3. The minimum atomic E-state index is -0.993. The van der Waals surface area contributed by atoms with Gasteiger partial charge in [0.15, 0.2) is 0 Å². The number of amides is 3. The molecule has 0 saturated heterocycles. The minimum absolute atomic E-state index is 0.192. The standard InChI is InChI=1S/C33H28N6O3/c1-22-12-16-24(17-13-22)30-25(21-39(38-30)27-8-4-3-5-9-27)20-34-37-33(42)32(41)36-29-11-7-6-10-28(29)31(40)35-26-18-14-23(2)15-19-26/h3-21H,1-2H3,(H,35,40)(H,36,41)(H,37,42)/b34-20+. The molecule has 5 rings (SSSR count). The van der Waals surface area contributed by atoms with E-state index in [-0.39, 0.29) is 11.3 Å². The summed E-state index contributed by atoms with van der Waals surface area (Å²) >= 11 is 0. The van der Waals surface area contributed by atoms with E-state index in [1.165, 1.54) is 6.21 Å². The Labute approximate surface area is 242 Å². The van der Waals surface area contributed by atoms with Gasteiger partial charge in [0.05, 0.1) is 23.2 Å². The Balaban J connectivity index is 1.29. The van der Waals surface area contributed by atoms with E-state index in [0.29, 0.717) is 16.9 Å². The van der Waals surface area contributed by atoms with Gasteiger partial charge in [0.25, 0.3) is 5.91 Å². The van der Waals surface area contributed by atoms with Crippen molar-refractivity contribution >= 4 is 35.3 Å². The largest absolute Gasteiger partial charge is 0.329 e. The third-order valence-corrected chi connectivity index (χ3v) is 6.39. The Morgan fingerprint density at radius 2 is 1.38 bits per heavy atom. The lowest BCUT2D eigenvalue weighted by atomic mass is 10.1. The second-order valence-corrected chi connectivity index (χ2v) is 9.60. The molecule has 1 aromatic heterocycles. The molecule has 0 aliphatic heterocycles. The minimum Gasteiger partial charge on any atom is -0.322 e. The molecule has 9 nitrogen and oxygen atoms in total. The molecule has 0 aliphatic rings. The fourth-order valence-corrected chi connectivity index (χ4v) is 4.15. The molecule has 0 bridgehead atoms. The van der Waals surface area contributed by atoms with Crippen molar-refractivity contribution in [3.05, 3.63) is 132 Å². The van der Waals surface area contributed by atoms with E-state index in [1.807, 2.05) is 80.6 Å². The van der Waals surface area contributed by atoms with Crippen LogP contribution in [-0.2, 0) is 9.59 Å². The van der Waals surface area contributed by atoms with Crippen LogP contribution in [0.25, 0.3) is 16.9 Å². The van der Waals surface area contributed by atoms with Crippen molar-refractivity contribution in [2.45, 2.75) is 13.8 Å². The van der Waals surface area contributed by atoms with Crippen LogP contribution in [-0.4, -0.2) is 33.7 Å². The molecule has 0 atom stereocenters. The second kappa shape index (κ2) is 12.6. The highest BCUT2D eigenvalue weighted by Gasteiger charge is 2.18. The SMILES string of the molecule is Cc1ccc(NC(=O)c2ccccc2NC(=O)C(=O)N/N=C/c2cn(-c3ccccc3)nc2-c2ccc(C)cc2)cc1. The van der Waals surface area contributed by atoms with Gasteiger partial charge >= 0.3 is 11.8 Å².